The lowest BCUT2D eigenvalue weighted by atomic mass is 10.2. The Morgan fingerprint density at radius 1 is 1.05 bits per heavy atom. The molecule has 4 N–H and O–H groups in total. The minimum atomic E-state index is 0.0718. The Bertz CT molecular complexity index is 617. The summed E-state index contributed by atoms with van der Waals surface area (Å²) in [7, 11) is 7.12. The molecule has 21 heavy (non-hydrogen) atoms. The summed E-state index contributed by atoms with van der Waals surface area (Å²) in [5.74, 6) is 1.89. The molecule has 0 saturated heterocycles. The molecule has 0 atom stereocenters. The Labute approximate surface area is 124 Å². The normalized spacial score (nSPS) is 10.1. The van der Waals surface area contributed by atoms with Crippen LogP contribution in [0.15, 0.2) is 24.4 Å². The third kappa shape index (κ3) is 2.62. The van der Waals surface area contributed by atoms with Crippen LogP contribution in [0.25, 0.3) is 0 Å². The molecule has 0 amide bonds. The van der Waals surface area contributed by atoms with E-state index in [-0.39, 0.29) is 5.75 Å². The number of nitrogens with zero attached hydrogens (tertiary/aromatic N) is 3. The van der Waals surface area contributed by atoms with Crippen molar-refractivity contribution in [2.75, 3.05) is 49.0 Å². The SMILES string of the molecule is CNc1nc(N(C)c2ccccn2)c(NC)c(NC)c1O. The second-order valence-corrected chi connectivity index (χ2v) is 4.38. The number of rotatable bonds is 5. The molecule has 0 bridgehead atoms. The van der Waals surface area contributed by atoms with Crippen molar-refractivity contribution in [3.8, 4) is 5.75 Å². The molecule has 7 nitrogen and oxygen atoms in total. The second kappa shape index (κ2) is 6.17. The smallest absolute Gasteiger partial charge is 0.184 e. The molecule has 112 valence electrons. The Kier molecular flexibility index (Phi) is 4.32. The van der Waals surface area contributed by atoms with Gasteiger partial charge in [-0.3, -0.25) is 0 Å². The van der Waals surface area contributed by atoms with Crippen molar-refractivity contribution in [3.05, 3.63) is 24.4 Å². The number of hydrogen-bond acceptors (Lipinski definition) is 7. The number of aromatic nitrogens is 2. The molecule has 0 aliphatic heterocycles. The molecule has 0 saturated carbocycles. The summed E-state index contributed by atoms with van der Waals surface area (Å²) in [6.07, 6.45) is 1.73. The van der Waals surface area contributed by atoms with Crippen LogP contribution in [0.5, 0.6) is 5.75 Å². The van der Waals surface area contributed by atoms with Gasteiger partial charge in [0.1, 0.15) is 17.2 Å². The fraction of sp³-hybridized carbons (Fsp3) is 0.286. The molecule has 0 aliphatic rings. The van der Waals surface area contributed by atoms with E-state index < -0.39 is 0 Å². The van der Waals surface area contributed by atoms with E-state index in [2.05, 4.69) is 25.9 Å². The summed E-state index contributed by atoms with van der Waals surface area (Å²) in [5, 5.41) is 19.2. The average molecular weight is 288 g/mol. The van der Waals surface area contributed by atoms with Gasteiger partial charge >= 0.3 is 0 Å². The molecule has 0 aliphatic carbocycles. The fourth-order valence-corrected chi connectivity index (χ4v) is 2.12. The topological polar surface area (TPSA) is 85.3 Å². The van der Waals surface area contributed by atoms with Crippen LogP contribution in [-0.2, 0) is 0 Å². The van der Waals surface area contributed by atoms with Crippen molar-refractivity contribution in [2.24, 2.45) is 0 Å². The fourth-order valence-electron chi connectivity index (χ4n) is 2.12. The number of hydrogen-bond donors (Lipinski definition) is 4. The van der Waals surface area contributed by atoms with Crippen molar-refractivity contribution in [1.29, 1.82) is 0 Å². The summed E-state index contributed by atoms with van der Waals surface area (Å²) < 4.78 is 0. The third-order valence-corrected chi connectivity index (χ3v) is 3.20. The van der Waals surface area contributed by atoms with E-state index in [0.717, 1.165) is 5.82 Å². The largest absolute Gasteiger partial charge is 0.503 e. The quantitative estimate of drug-likeness (QED) is 0.670. The molecular formula is C14H20N6O. The van der Waals surface area contributed by atoms with Crippen molar-refractivity contribution in [3.63, 3.8) is 0 Å². The maximum absolute atomic E-state index is 10.2. The highest BCUT2D eigenvalue weighted by Gasteiger charge is 2.20. The van der Waals surface area contributed by atoms with E-state index in [4.69, 9.17) is 0 Å². The molecule has 2 heterocycles. The monoisotopic (exact) mass is 288 g/mol. The van der Waals surface area contributed by atoms with Crippen LogP contribution in [0.4, 0.5) is 28.8 Å². The van der Waals surface area contributed by atoms with E-state index in [1.54, 1.807) is 27.3 Å². The molecule has 2 aromatic rings. The van der Waals surface area contributed by atoms with Gasteiger partial charge in [0, 0.05) is 34.4 Å². The minimum Gasteiger partial charge on any atom is -0.503 e. The zero-order valence-electron chi connectivity index (χ0n) is 12.6. The van der Waals surface area contributed by atoms with Crippen LogP contribution in [0.2, 0.25) is 0 Å². The van der Waals surface area contributed by atoms with E-state index in [9.17, 15) is 5.11 Å². The van der Waals surface area contributed by atoms with Gasteiger partial charge in [-0.25, -0.2) is 9.97 Å². The van der Waals surface area contributed by atoms with E-state index in [1.807, 2.05) is 30.1 Å². The highest BCUT2D eigenvalue weighted by molar-refractivity contribution is 5.90. The molecule has 0 unspecified atom stereocenters. The molecule has 0 radical (unpaired) electrons. The van der Waals surface area contributed by atoms with Crippen molar-refractivity contribution >= 4 is 28.8 Å². The zero-order valence-corrected chi connectivity index (χ0v) is 12.6. The predicted molar refractivity (Wildman–Crippen MR) is 86.8 cm³/mol. The molecule has 0 spiro atoms. The summed E-state index contributed by atoms with van der Waals surface area (Å²) in [6, 6.07) is 5.67. The maximum Gasteiger partial charge on any atom is 0.184 e. The van der Waals surface area contributed by atoms with Gasteiger partial charge in [0.25, 0.3) is 0 Å². The Morgan fingerprint density at radius 2 is 1.76 bits per heavy atom. The van der Waals surface area contributed by atoms with Gasteiger partial charge in [0.05, 0.1) is 0 Å². The predicted octanol–water partition coefficient (Wildman–Crippen LogP) is 2.08. The molecule has 0 fully saturated rings. The Hall–Kier alpha value is -2.70. The number of anilines is 5. The molecular weight excluding hydrogens is 268 g/mol. The van der Waals surface area contributed by atoms with Crippen LogP contribution in [0, 0.1) is 0 Å². The first-order valence-corrected chi connectivity index (χ1v) is 6.59. The lowest BCUT2D eigenvalue weighted by Gasteiger charge is -2.24. The van der Waals surface area contributed by atoms with Crippen molar-refractivity contribution < 1.29 is 5.11 Å². The van der Waals surface area contributed by atoms with Gasteiger partial charge < -0.3 is 26.0 Å². The summed E-state index contributed by atoms with van der Waals surface area (Å²) in [4.78, 5) is 10.6. The third-order valence-electron chi connectivity index (χ3n) is 3.20. The number of pyridine rings is 2. The van der Waals surface area contributed by atoms with Crippen LogP contribution >= 0.6 is 0 Å². The van der Waals surface area contributed by atoms with E-state index in [1.165, 1.54) is 0 Å². The molecule has 0 aromatic carbocycles. The molecule has 2 rings (SSSR count). The van der Waals surface area contributed by atoms with E-state index in [0.29, 0.717) is 23.0 Å². The summed E-state index contributed by atoms with van der Waals surface area (Å²) >= 11 is 0. The standard InChI is InChI=1S/C14H20N6O/c1-15-10-11(16-2)14(19-13(17-3)12(10)21)20(4)9-7-5-6-8-18-9/h5-8,16,21H,1-4H3,(H2,15,17,19). The minimum absolute atomic E-state index is 0.0718. The zero-order chi connectivity index (χ0) is 15.4. The highest BCUT2D eigenvalue weighted by atomic mass is 16.3. The van der Waals surface area contributed by atoms with Crippen LogP contribution in [-0.4, -0.2) is 43.3 Å². The van der Waals surface area contributed by atoms with Gasteiger partial charge in [-0.1, -0.05) is 6.07 Å². The maximum atomic E-state index is 10.2. The second-order valence-electron chi connectivity index (χ2n) is 4.38. The van der Waals surface area contributed by atoms with Crippen molar-refractivity contribution in [2.45, 2.75) is 0 Å². The van der Waals surface area contributed by atoms with Gasteiger partial charge in [0.2, 0.25) is 0 Å². The number of nitrogens with one attached hydrogen (secondary N) is 3. The average Bonchev–Trinajstić information content (AvgIpc) is 2.54. The first-order valence-electron chi connectivity index (χ1n) is 6.59. The number of aromatic hydroxyl groups is 1. The van der Waals surface area contributed by atoms with Gasteiger partial charge in [-0.2, -0.15) is 0 Å². The van der Waals surface area contributed by atoms with Gasteiger partial charge in [-0.15, -0.1) is 0 Å². The first-order chi connectivity index (χ1) is 10.1. The van der Waals surface area contributed by atoms with Crippen LogP contribution < -0.4 is 20.9 Å². The summed E-state index contributed by atoms with van der Waals surface area (Å²) in [6.45, 7) is 0. The Balaban J connectivity index is 2.62. The lowest BCUT2D eigenvalue weighted by molar-refractivity contribution is 0.478. The molecule has 7 heteroatoms. The Morgan fingerprint density at radius 3 is 2.29 bits per heavy atom. The molecule has 2 aromatic heterocycles. The first kappa shape index (κ1) is 14.7. The highest BCUT2D eigenvalue weighted by Crippen LogP contribution is 2.43. The van der Waals surface area contributed by atoms with Gasteiger partial charge in [0.15, 0.2) is 17.4 Å². The van der Waals surface area contributed by atoms with Crippen LogP contribution in [0.3, 0.4) is 0 Å². The van der Waals surface area contributed by atoms with Crippen molar-refractivity contribution in [1.82, 2.24) is 9.97 Å². The summed E-state index contributed by atoms with van der Waals surface area (Å²) in [5.41, 5.74) is 1.27. The van der Waals surface area contributed by atoms with E-state index >= 15 is 0 Å². The lowest BCUT2D eigenvalue weighted by Crippen LogP contribution is -2.16. The van der Waals surface area contributed by atoms with Crippen LogP contribution in [0.1, 0.15) is 0 Å². The van der Waals surface area contributed by atoms with Gasteiger partial charge in [-0.05, 0) is 12.1 Å².